The zero-order valence-electron chi connectivity index (χ0n) is 11.1. The lowest BCUT2D eigenvalue weighted by atomic mass is 10.1. The molecular formula is C12H24N4O. The maximum absolute atomic E-state index is 5.60. The molecular weight excluding hydrogens is 216 g/mol. The van der Waals surface area contributed by atoms with Crippen molar-refractivity contribution < 1.29 is 4.74 Å². The predicted molar refractivity (Wildman–Crippen MR) is 68.0 cm³/mol. The Morgan fingerprint density at radius 2 is 2.00 bits per heavy atom. The highest BCUT2D eigenvalue weighted by atomic mass is 16.5. The van der Waals surface area contributed by atoms with Crippen LogP contribution in [0.2, 0.25) is 0 Å². The van der Waals surface area contributed by atoms with Gasteiger partial charge in [0.1, 0.15) is 0 Å². The van der Waals surface area contributed by atoms with Gasteiger partial charge in [0.25, 0.3) is 0 Å². The van der Waals surface area contributed by atoms with Gasteiger partial charge in [0.15, 0.2) is 0 Å². The molecule has 0 bridgehead atoms. The molecule has 0 unspecified atom stereocenters. The van der Waals surface area contributed by atoms with Crippen LogP contribution in [0.15, 0.2) is 0 Å². The third-order valence-corrected chi connectivity index (χ3v) is 3.08. The molecule has 98 valence electrons. The summed E-state index contributed by atoms with van der Waals surface area (Å²) in [5.41, 5.74) is 7.81. The second-order valence-corrected chi connectivity index (χ2v) is 4.18. The Bertz CT molecular complexity index is 320. The normalized spacial score (nSPS) is 11.4. The summed E-state index contributed by atoms with van der Waals surface area (Å²) in [7, 11) is 1.72. The first kappa shape index (κ1) is 14.1. The van der Waals surface area contributed by atoms with E-state index in [4.69, 9.17) is 10.5 Å². The zero-order valence-corrected chi connectivity index (χ0v) is 11.1. The fourth-order valence-corrected chi connectivity index (χ4v) is 2.06. The Morgan fingerprint density at radius 3 is 2.53 bits per heavy atom. The Hall–Kier alpha value is -0.940. The molecule has 17 heavy (non-hydrogen) atoms. The van der Waals surface area contributed by atoms with Crippen LogP contribution in [0.5, 0.6) is 0 Å². The summed E-state index contributed by atoms with van der Waals surface area (Å²) in [4.78, 5) is 0. The number of methoxy groups -OCH3 is 1. The van der Waals surface area contributed by atoms with Gasteiger partial charge in [0.05, 0.1) is 24.0 Å². The van der Waals surface area contributed by atoms with E-state index in [9.17, 15) is 0 Å². The molecule has 1 aromatic rings. The average molecular weight is 240 g/mol. The minimum absolute atomic E-state index is 0.431. The van der Waals surface area contributed by atoms with E-state index in [2.05, 4.69) is 28.8 Å². The quantitative estimate of drug-likeness (QED) is 0.744. The maximum atomic E-state index is 5.60. The average Bonchev–Trinajstić information content (AvgIpc) is 2.72. The van der Waals surface area contributed by atoms with Crippen molar-refractivity contribution in [1.29, 1.82) is 0 Å². The van der Waals surface area contributed by atoms with Crippen LogP contribution in [-0.4, -0.2) is 35.3 Å². The fourth-order valence-electron chi connectivity index (χ4n) is 2.06. The van der Waals surface area contributed by atoms with E-state index in [1.54, 1.807) is 7.11 Å². The second kappa shape index (κ2) is 7.40. The molecule has 1 aromatic heterocycles. The Labute approximate surface area is 103 Å². The highest BCUT2D eigenvalue weighted by Crippen LogP contribution is 2.19. The molecule has 0 radical (unpaired) electrons. The summed E-state index contributed by atoms with van der Waals surface area (Å²) in [6, 6.07) is 0.431. The highest BCUT2D eigenvalue weighted by molar-refractivity contribution is 5.12. The summed E-state index contributed by atoms with van der Waals surface area (Å²) < 4.78 is 7.21. The molecule has 0 amide bonds. The van der Waals surface area contributed by atoms with Crippen molar-refractivity contribution in [2.45, 2.75) is 45.6 Å². The number of ether oxygens (including phenoxy) is 1. The lowest BCUT2D eigenvalue weighted by molar-refractivity contribution is 0.199. The first-order chi connectivity index (χ1) is 8.28. The van der Waals surface area contributed by atoms with Gasteiger partial charge in [-0.05, 0) is 19.4 Å². The van der Waals surface area contributed by atoms with Gasteiger partial charge < -0.3 is 10.5 Å². The number of hydrogen-bond donors (Lipinski definition) is 1. The number of hydrogen-bond acceptors (Lipinski definition) is 4. The molecule has 1 heterocycles. The first-order valence-corrected chi connectivity index (χ1v) is 6.40. The SMILES string of the molecule is CCC(CC)n1nnc(CCN)c1CCOC. The predicted octanol–water partition coefficient (Wildman–Crippen LogP) is 1.33. The molecule has 0 aromatic carbocycles. The van der Waals surface area contributed by atoms with Gasteiger partial charge in [-0.15, -0.1) is 5.10 Å². The zero-order chi connectivity index (χ0) is 12.7. The number of rotatable bonds is 8. The molecule has 0 fully saturated rings. The smallest absolute Gasteiger partial charge is 0.0872 e. The van der Waals surface area contributed by atoms with Crippen molar-refractivity contribution in [3.8, 4) is 0 Å². The standard InChI is InChI=1S/C12H24N4O/c1-4-10(5-2)16-12(7-9-17-3)11(6-8-13)14-15-16/h10H,4-9,13H2,1-3H3. The molecule has 5 heteroatoms. The van der Waals surface area contributed by atoms with Crippen LogP contribution < -0.4 is 5.73 Å². The van der Waals surface area contributed by atoms with Gasteiger partial charge >= 0.3 is 0 Å². The summed E-state index contributed by atoms with van der Waals surface area (Å²) in [6.07, 6.45) is 3.79. The van der Waals surface area contributed by atoms with E-state index in [0.717, 1.165) is 31.4 Å². The maximum Gasteiger partial charge on any atom is 0.0872 e. The molecule has 5 nitrogen and oxygen atoms in total. The van der Waals surface area contributed by atoms with Crippen molar-refractivity contribution >= 4 is 0 Å². The summed E-state index contributed by atoms with van der Waals surface area (Å²) in [5.74, 6) is 0. The summed E-state index contributed by atoms with van der Waals surface area (Å²) in [5, 5.41) is 8.54. The Kier molecular flexibility index (Phi) is 6.15. The summed E-state index contributed by atoms with van der Waals surface area (Å²) in [6.45, 7) is 5.67. The third kappa shape index (κ3) is 3.51. The van der Waals surface area contributed by atoms with Crippen LogP contribution in [0.25, 0.3) is 0 Å². The molecule has 0 atom stereocenters. The number of nitrogens with zero attached hydrogens (tertiary/aromatic N) is 3. The Morgan fingerprint density at radius 1 is 1.29 bits per heavy atom. The van der Waals surface area contributed by atoms with Crippen LogP contribution in [0.4, 0.5) is 0 Å². The van der Waals surface area contributed by atoms with Gasteiger partial charge in [-0.2, -0.15) is 0 Å². The minimum Gasteiger partial charge on any atom is -0.384 e. The van der Waals surface area contributed by atoms with Gasteiger partial charge in [-0.3, -0.25) is 0 Å². The molecule has 0 aliphatic heterocycles. The van der Waals surface area contributed by atoms with E-state index in [0.29, 0.717) is 19.2 Å². The van der Waals surface area contributed by atoms with E-state index >= 15 is 0 Å². The van der Waals surface area contributed by atoms with Crippen LogP contribution in [0.1, 0.15) is 44.1 Å². The van der Waals surface area contributed by atoms with Gasteiger partial charge in [-0.25, -0.2) is 4.68 Å². The lowest BCUT2D eigenvalue weighted by Crippen LogP contribution is -2.15. The van der Waals surface area contributed by atoms with Crippen molar-refractivity contribution in [2.24, 2.45) is 5.73 Å². The molecule has 1 rings (SSSR count). The number of nitrogens with two attached hydrogens (primary N) is 1. The monoisotopic (exact) mass is 240 g/mol. The number of aromatic nitrogens is 3. The second-order valence-electron chi connectivity index (χ2n) is 4.18. The molecule has 0 aliphatic carbocycles. The fraction of sp³-hybridized carbons (Fsp3) is 0.833. The van der Waals surface area contributed by atoms with Crippen molar-refractivity contribution in [3.63, 3.8) is 0 Å². The van der Waals surface area contributed by atoms with Crippen LogP contribution in [0.3, 0.4) is 0 Å². The van der Waals surface area contributed by atoms with E-state index in [-0.39, 0.29) is 0 Å². The Balaban J connectivity index is 2.94. The largest absolute Gasteiger partial charge is 0.384 e. The van der Waals surface area contributed by atoms with E-state index in [1.807, 2.05) is 0 Å². The highest BCUT2D eigenvalue weighted by Gasteiger charge is 2.17. The summed E-state index contributed by atoms with van der Waals surface area (Å²) >= 11 is 0. The van der Waals surface area contributed by atoms with Crippen molar-refractivity contribution in [3.05, 3.63) is 11.4 Å². The van der Waals surface area contributed by atoms with Gasteiger partial charge in [0.2, 0.25) is 0 Å². The first-order valence-electron chi connectivity index (χ1n) is 6.40. The molecule has 0 saturated heterocycles. The van der Waals surface area contributed by atoms with E-state index < -0.39 is 0 Å². The molecule has 0 aliphatic rings. The van der Waals surface area contributed by atoms with E-state index in [1.165, 1.54) is 5.69 Å². The van der Waals surface area contributed by atoms with Crippen LogP contribution in [0, 0.1) is 0 Å². The molecule has 0 spiro atoms. The van der Waals surface area contributed by atoms with Crippen molar-refractivity contribution in [1.82, 2.24) is 15.0 Å². The lowest BCUT2D eigenvalue weighted by Gasteiger charge is -2.16. The van der Waals surface area contributed by atoms with Gasteiger partial charge in [-0.1, -0.05) is 19.1 Å². The molecule has 2 N–H and O–H groups in total. The van der Waals surface area contributed by atoms with Crippen LogP contribution in [-0.2, 0) is 17.6 Å². The van der Waals surface area contributed by atoms with Crippen molar-refractivity contribution in [2.75, 3.05) is 20.3 Å². The van der Waals surface area contributed by atoms with Crippen LogP contribution >= 0.6 is 0 Å². The molecule has 0 saturated carbocycles. The minimum atomic E-state index is 0.431. The third-order valence-electron chi connectivity index (χ3n) is 3.08. The van der Waals surface area contributed by atoms with Gasteiger partial charge in [0, 0.05) is 20.0 Å². The topological polar surface area (TPSA) is 66.0 Å².